The number of diazo groups is 1. The van der Waals surface area contributed by atoms with Gasteiger partial charge in [-0.2, -0.15) is 0 Å². The van der Waals surface area contributed by atoms with Gasteiger partial charge >= 0.3 is 5.69 Å². The van der Waals surface area contributed by atoms with Crippen LogP contribution in [0.2, 0.25) is 0 Å². The van der Waals surface area contributed by atoms with Crippen LogP contribution in [-0.4, -0.2) is 15.0 Å². The van der Waals surface area contributed by atoms with E-state index in [9.17, 15) is 8.42 Å². The Morgan fingerprint density at radius 3 is 1.88 bits per heavy atom. The van der Waals surface area contributed by atoms with E-state index < -0.39 is 10.0 Å². The molecule has 0 unspecified atom stereocenters. The number of sulfonamides is 1. The van der Waals surface area contributed by atoms with E-state index in [1.54, 1.807) is 0 Å². The number of hydrogen-bond donors (Lipinski definition) is 1. The first-order chi connectivity index (χ1) is 11.6. The third-order valence-electron chi connectivity index (χ3n) is 4.08. The van der Waals surface area contributed by atoms with Crippen molar-refractivity contribution in [1.29, 1.82) is 5.39 Å². The van der Waals surface area contributed by atoms with Crippen LogP contribution in [0.1, 0.15) is 71.1 Å². The summed E-state index contributed by atoms with van der Waals surface area (Å²) < 4.78 is 26.8. The molecule has 0 aliphatic rings. The van der Waals surface area contributed by atoms with Gasteiger partial charge < -0.3 is 0 Å². The maximum absolute atomic E-state index is 12.1. The summed E-state index contributed by atoms with van der Waals surface area (Å²) in [4.78, 5) is 3.21. The summed E-state index contributed by atoms with van der Waals surface area (Å²) >= 11 is 0. The quantitative estimate of drug-likeness (QED) is 0.383. The average Bonchev–Trinajstić information content (AvgIpc) is 2.59. The third-order valence-corrected chi connectivity index (χ3v) is 5.56. The first kappa shape index (κ1) is 20.6. The van der Waals surface area contributed by atoms with Gasteiger partial charge in [0.1, 0.15) is 0 Å². The standard InChI is InChI=1S/C18H30N3O2S/c1-2-3-4-5-6-7-8-9-10-11-16-20-24(22,23)18-14-12-17(21-19)13-15-18/h12-15,20H,2-11,16H2,1H3/q+1. The lowest BCUT2D eigenvalue weighted by molar-refractivity contribution is 0.549. The average molecular weight is 353 g/mol. The molecule has 0 spiro atoms. The van der Waals surface area contributed by atoms with Gasteiger partial charge in [-0.05, 0) is 18.6 Å². The smallest absolute Gasteiger partial charge is 0.211 e. The third kappa shape index (κ3) is 8.42. The van der Waals surface area contributed by atoms with Gasteiger partial charge in [-0.1, -0.05) is 64.7 Å². The van der Waals surface area contributed by atoms with Gasteiger partial charge in [0.2, 0.25) is 15.4 Å². The summed E-state index contributed by atoms with van der Waals surface area (Å²) in [5.41, 5.74) is 0.337. The van der Waals surface area contributed by atoms with Crippen molar-refractivity contribution >= 4 is 15.7 Å². The summed E-state index contributed by atoms with van der Waals surface area (Å²) in [6.45, 7) is 2.69. The summed E-state index contributed by atoms with van der Waals surface area (Å²) in [6.07, 6.45) is 12.3. The molecule has 6 heteroatoms. The van der Waals surface area contributed by atoms with Crippen LogP contribution in [0.5, 0.6) is 0 Å². The minimum atomic E-state index is -3.47. The van der Waals surface area contributed by atoms with Crippen molar-refractivity contribution in [2.45, 2.75) is 76.0 Å². The normalized spacial score (nSPS) is 11.3. The van der Waals surface area contributed by atoms with E-state index in [1.807, 2.05) is 0 Å². The molecular weight excluding hydrogens is 322 g/mol. The zero-order valence-corrected chi connectivity index (χ0v) is 15.5. The van der Waals surface area contributed by atoms with Gasteiger partial charge in [-0.3, -0.25) is 0 Å². The second kappa shape index (κ2) is 12.0. The van der Waals surface area contributed by atoms with E-state index in [-0.39, 0.29) is 4.90 Å². The molecule has 0 saturated carbocycles. The van der Waals surface area contributed by atoms with Crippen LogP contribution in [0.3, 0.4) is 0 Å². The summed E-state index contributed by atoms with van der Waals surface area (Å²) in [6, 6.07) is 5.82. The van der Waals surface area contributed by atoms with Gasteiger partial charge in [0.05, 0.1) is 4.90 Å². The molecule has 0 amide bonds. The van der Waals surface area contributed by atoms with Crippen molar-refractivity contribution in [1.82, 2.24) is 4.72 Å². The van der Waals surface area contributed by atoms with E-state index in [1.165, 1.54) is 75.6 Å². The fraction of sp³-hybridized carbons (Fsp3) is 0.667. The molecule has 0 saturated heterocycles. The summed E-state index contributed by atoms with van der Waals surface area (Å²) in [5, 5.41) is 8.61. The lowest BCUT2D eigenvalue weighted by Gasteiger charge is -2.06. The molecule has 0 bridgehead atoms. The molecule has 1 N–H and O–H groups in total. The van der Waals surface area contributed by atoms with Crippen molar-refractivity contribution in [3.8, 4) is 0 Å². The molecule has 0 aromatic heterocycles. The molecule has 0 aliphatic carbocycles. The number of benzene rings is 1. The highest BCUT2D eigenvalue weighted by Gasteiger charge is 2.14. The Bertz CT molecular complexity index is 592. The Morgan fingerprint density at radius 2 is 1.38 bits per heavy atom. The lowest BCUT2D eigenvalue weighted by Crippen LogP contribution is -2.24. The van der Waals surface area contributed by atoms with Crippen LogP contribution in [0.15, 0.2) is 29.2 Å². The van der Waals surface area contributed by atoms with Gasteiger partial charge in [0.25, 0.3) is 0 Å². The maximum atomic E-state index is 12.1. The number of nitrogens with one attached hydrogen (secondary N) is 1. The van der Waals surface area contributed by atoms with Gasteiger partial charge in [-0.15, -0.1) is 0 Å². The van der Waals surface area contributed by atoms with Crippen molar-refractivity contribution < 1.29 is 8.42 Å². The van der Waals surface area contributed by atoms with Crippen LogP contribution in [0, 0.1) is 5.39 Å². The molecule has 0 fully saturated rings. The number of rotatable bonds is 13. The van der Waals surface area contributed by atoms with Crippen molar-refractivity contribution in [2.24, 2.45) is 0 Å². The largest absolute Gasteiger partial charge is 0.385 e. The van der Waals surface area contributed by atoms with Crippen LogP contribution in [-0.2, 0) is 10.0 Å². The lowest BCUT2D eigenvalue weighted by atomic mass is 10.1. The molecule has 1 aromatic rings. The Morgan fingerprint density at radius 1 is 0.875 bits per heavy atom. The van der Waals surface area contributed by atoms with Crippen LogP contribution < -0.4 is 4.72 Å². The van der Waals surface area contributed by atoms with E-state index in [4.69, 9.17) is 5.39 Å². The highest BCUT2D eigenvalue weighted by Crippen LogP contribution is 2.16. The summed E-state index contributed by atoms with van der Waals surface area (Å²) in [7, 11) is -3.47. The maximum Gasteiger partial charge on any atom is 0.385 e. The predicted octanol–water partition coefficient (Wildman–Crippen LogP) is 5.37. The monoisotopic (exact) mass is 352 g/mol. The van der Waals surface area contributed by atoms with Crippen molar-refractivity contribution in [2.75, 3.05) is 6.54 Å². The molecule has 134 valence electrons. The first-order valence-electron chi connectivity index (χ1n) is 9.05. The predicted molar refractivity (Wildman–Crippen MR) is 98.2 cm³/mol. The fourth-order valence-electron chi connectivity index (χ4n) is 2.59. The SMILES string of the molecule is CCCCCCCCCCCCNS(=O)(=O)c1ccc([N+]#N)cc1. The van der Waals surface area contributed by atoms with Gasteiger partial charge in [0, 0.05) is 18.7 Å². The molecule has 5 nitrogen and oxygen atoms in total. The number of nitrogens with zero attached hydrogens (tertiary/aromatic N) is 2. The molecule has 0 atom stereocenters. The molecule has 0 heterocycles. The molecule has 24 heavy (non-hydrogen) atoms. The van der Waals surface area contributed by atoms with Crippen molar-refractivity contribution in [3.05, 3.63) is 29.2 Å². The zero-order chi connectivity index (χ0) is 17.7. The molecular formula is C18H30N3O2S+. The Labute approximate surface area is 146 Å². The molecule has 0 radical (unpaired) electrons. The van der Waals surface area contributed by atoms with E-state index in [2.05, 4.69) is 16.6 Å². The molecule has 0 aliphatic heterocycles. The van der Waals surface area contributed by atoms with Crippen LogP contribution in [0.25, 0.3) is 4.98 Å². The highest BCUT2D eigenvalue weighted by atomic mass is 32.2. The highest BCUT2D eigenvalue weighted by molar-refractivity contribution is 7.89. The Balaban J connectivity index is 2.10. The minimum absolute atomic E-state index is 0.196. The molecule has 1 rings (SSSR count). The Kier molecular flexibility index (Phi) is 10.3. The number of unbranched alkanes of at least 4 members (excludes halogenated alkanes) is 9. The summed E-state index contributed by atoms with van der Waals surface area (Å²) in [5.74, 6) is 0. The van der Waals surface area contributed by atoms with Gasteiger partial charge in [-0.25, -0.2) is 13.1 Å². The van der Waals surface area contributed by atoms with Gasteiger partial charge in [0.15, 0.2) is 4.98 Å². The second-order valence-corrected chi connectivity index (χ2v) is 7.94. The van der Waals surface area contributed by atoms with Crippen LogP contribution in [0.4, 0.5) is 5.69 Å². The first-order valence-corrected chi connectivity index (χ1v) is 10.5. The topological polar surface area (TPSA) is 74.3 Å². The fourth-order valence-corrected chi connectivity index (χ4v) is 3.67. The Hall–Kier alpha value is -1.45. The zero-order valence-electron chi connectivity index (χ0n) is 14.7. The minimum Gasteiger partial charge on any atom is -0.211 e. The van der Waals surface area contributed by atoms with E-state index in [0.29, 0.717) is 12.2 Å². The van der Waals surface area contributed by atoms with Crippen molar-refractivity contribution in [3.63, 3.8) is 0 Å². The number of hydrogen-bond acceptors (Lipinski definition) is 3. The molecule has 1 aromatic carbocycles. The van der Waals surface area contributed by atoms with E-state index >= 15 is 0 Å². The van der Waals surface area contributed by atoms with E-state index in [0.717, 1.165) is 12.8 Å². The second-order valence-electron chi connectivity index (χ2n) is 6.17. The van der Waals surface area contributed by atoms with Crippen LogP contribution >= 0.6 is 0 Å².